The topological polar surface area (TPSA) is 61.2 Å². The Bertz CT molecular complexity index is 183. The van der Waals surface area contributed by atoms with Gasteiger partial charge in [-0.3, -0.25) is 4.79 Å². The Morgan fingerprint density at radius 2 is 2.27 bits per heavy atom. The van der Waals surface area contributed by atoms with Gasteiger partial charge in [0.05, 0.1) is 0 Å². The number of nitrogens with one attached hydrogen (secondary N) is 1. The van der Waals surface area contributed by atoms with E-state index in [1.807, 2.05) is 0 Å². The van der Waals surface area contributed by atoms with Gasteiger partial charge in [-0.05, 0) is 12.6 Å². The SMILES string of the molecule is C=CN1CCCC1=O.N=C=O. The number of hydrogen-bond donors (Lipinski definition) is 1. The molecule has 1 rings (SSSR count). The molecule has 0 aromatic heterocycles. The molecule has 0 aliphatic carbocycles. The fraction of sp³-hybridized carbons (Fsp3) is 0.429. The van der Waals surface area contributed by atoms with Crippen LogP contribution in [0.2, 0.25) is 0 Å². The normalized spacial score (nSPS) is 14.9. The molecule has 4 nitrogen and oxygen atoms in total. The average molecular weight is 154 g/mol. The van der Waals surface area contributed by atoms with E-state index in [-0.39, 0.29) is 5.91 Å². The Labute approximate surface area is 65.0 Å². The second-order valence-electron chi connectivity index (χ2n) is 1.98. The van der Waals surface area contributed by atoms with Gasteiger partial charge >= 0.3 is 0 Å². The third kappa shape index (κ3) is 3.33. The molecule has 11 heavy (non-hydrogen) atoms. The molecule has 1 amide bonds. The van der Waals surface area contributed by atoms with E-state index < -0.39 is 0 Å². The Morgan fingerprint density at radius 1 is 1.73 bits per heavy atom. The van der Waals surface area contributed by atoms with E-state index in [1.165, 1.54) is 0 Å². The molecule has 0 unspecified atom stereocenters. The highest BCUT2D eigenvalue weighted by molar-refractivity contribution is 5.78. The molecule has 0 radical (unpaired) electrons. The van der Waals surface area contributed by atoms with Crippen molar-refractivity contribution < 1.29 is 9.59 Å². The van der Waals surface area contributed by atoms with Crippen molar-refractivity contribution >= 4 is 12.0 Å². The Hall–Kier alpha value is -1.41. The molecule has 4 heteroatoms. The summed E-state index contributed by atoms with van der Waals surface area (Å²) in [5.41, 5.74) is 0. The number of isocyanates is 1. The minimum atomic E-state index is 0.208. The van der Waals surface area contributed by atoms with Crippen LogP contribution in [-0.4, -0.2) is 23.4 Å². The Morgan fingerprint density at radius 3 is 2.45 bits per heavy atom. The highest BCUT2D eigenvalue weighted by Gasteiger charge is 2.15. The van der Waals surface area contributed by atoms with Crippen LogP contribution in [0.5, 0.6) is 0 Å². The van der Waals surface area contributed by atoms with Crippen LogP contribution in [0.15, 0.2) is 12.8 Å². The number of carbonyl (C=O) groups is 1. The standard InChI is InChI=1S/C6H9NO.CHNO/c1-2-7-5-3-4-6(7)8;2-1-3/h2H,1,3-5H2;2H. The smallest absolute Gasteiger partial charge is 0.231 e. The molecule has 0 spiro atoms. The fourth-order valence-electron chi connectivity index (χ4n) is 0.862. The molecule has 0 aromatic carbocycles. The quantitative estimate of drug-likeness (QED) is 0.445. The molecule has 0 atom stereocenters. The third-order valence-electron chi connectivity index (χ3n) is 1.33. The summed E-state index contributed by atoms with van der Waals surface area (Å²) in [7, 11) is 0. The van der Waals surface area contributed by atoms with Gasteiger partial charge in [-0.25, -0.2) is 10.2 Å². The first kappa shape index (κ1) is 9.59. The maximum absolute atomic E-state index is 10.7. The maximum atomic E-state index is 10.7. The average Bonchev–Trinajstić information content (AvgIpc) is 2.36. The molecule has 1 aliphatic heterocycles. The van der Waals surface area contributed by atoms with E-state index in [4.69, 9.17) is 10.2 Å². The lowest BCUT2D eigenvalue weighted by molar-refractivity contribution is -0.125. The molecule has 0 saturated carbocycles. The summed E-state index contributed by atoms with van der Waals surface area (Å²) in [6.45, 7) is 4.36. The first-order valence-electron chi connectivity index (χ1n) is 3.22. The van der Waals surface area contributed by atoms with Gasteiger partial charge in [-0.2, -0.15) is 0 Å². The number of hydrogen-bond acceptors (Lipinski definition) is 3. The lowest BCUT2D eigenvalue weighted by Gasteiger charge is -2.05. The third-order valence-corrected chi connectivity index (χ3v) is 1.33. The molecule has 0 aromatic rings. The van der Waals surface area contributed by atoms with Crippen molar-refractivity contribution in [2.75, 3.05) is 6.54 Å². The lowest BCUT2D eigenvalue weighted by Crippen LogP contribution is -2.16. The van der Waals surface area contributed by atoms with Crippen LogP contribution in [0.1, 0.15) is 12.8 Å². The van der Waals surface area contributed by atoms with Gasteiger partial charge in [0.2, 0.25) is 12.0 Å². The molecule has 1 fully saturated rings. The second kappa shape index (κ2) is 5.38. The lowest BCUT2D eigenvalue weighted by atomic mass is 10.4. The van der Waals surface area contributed by atoms with Crippen molar-refractivity contribution in [3.63, 3.8) is 0 Å². The molecule has 1 N–H and O–H groups in total. The Kier molecular flexibility index (Phi) is 4.69. The zero-order valence-electron chi connectivity index (χ0n) is 6.17. The highest BCUT2D eigenvalue weighted by Crippen LogP contribution is 2.08. The molecular formula is C7H10N2O2. The van der Waals surface area contributed by atoms with Crippen LogP contribution in [0, 0.1) is 5.41 Å². The zero-order chi connectivity index (χ0) is 8.69. The van der Waals surface area contributed by atoms with Crippen molar-refractivity contribution in [1.82, 2.24) is 4.90 Å². The van der Waals surface area contributed by atoms with Crippen molar-refractivity contribution in [3.05, 3.63) is 12.8 Å². The van der Waals surface area contributed by atoms with E-state index in [0.717, 1.165) is 19.0 Å². The zero-order valence-corrected chi connectivity index (χ0v) is 6.17. The molecule has 1 saturated heterocycles. The number of nitrogens with zero attached hydrogens (tertiary/aromatic N) is 1. The van der Waals surface area contributed by atoms with Gasteiger partial charge in [0.15, 0.2) is 0 Å². The predicted octanol–water partition coefficient (Wildman–Crippen LogP) is 0.653. The molecule has 0 bridgehead atoms. The van der Waals surface area contributed by atoms with Crippen molar-refractivity contribution in [3.8, 4) is 0 Å². The van der Waals surface area contributed by atoms with Crippen LogP contribution in [0.25, 0.3) is 0 Å². The van der Waals surface area contributed by atoms with Crippen LogP contribution in [0.4, 0.5) is 0 Å². The van der Waals surface area contributed by atoms with E-state index in [0.29, 0.717) is 6.42 Å². The summed E-state index contributed by atoms with van der Waals surface area (Å²) in [5.74, 6) is 0.208. The minimum absolute atomic E-state index is 0.208. The molecular weight excluding hydrogens is 144 g/mol. The first-order chi connectivity index (χ1) is 5.26. The number of amides is 1. The molecule has 1 heterocycles. The van der Waals surface area contributed by atoms with E-state index in [2.05, 4.69) is 6.58 Å². The predicted molar refractivity (Wildman–Crippen MR) is 39.6 cm³/mol. The van der Waals surface area contributed by atoms with Gasteiger partial charge in [0.25, 0.3) is 0 Å². The maximum Gasteiger partial charge on any atom is 0.231 e. The van der Waals surface area contributed by atoms with Gasteiger partial charge in [0, 0.05) is 13.0 Å². The van der Waals surface area contributed by atoms with Gasteiger partial charge < -0.3 is 4.90 Å². The summed E-state index contributed by atoms with van der Waals surface area (Å²) in [6.07, 6.45) is 4.03. The highest BCUT2D eigenvalue weighted by atomic mass is 16.2. The number of likely N-dealkylation sites (tertiary alicyclic amines) is 1. The van der Waals surface area contributed by atoms with E-state index in [9.17, 15) is 4.79 Å². The second-order valence-corrected chi connectivity index (χ2v) is 1.98. The summed E-state index contributed by atoms with van der Waals surface area (Å²) < 4.78 is 0. The van der Waals surface area contributed by atoms with Crippen molar-refractivity contribution in [1.29, 1.82) is 5.41 Å². The largest absolute Gasteiger partial charge is 0.320 e. The van der Waals surface area contributed by atoms with Crippen LogP contribution < -0.4 is 0 Å². The minimum Gasteiger partial charge on any atom is -0.320 e. The van der Waals surface area contributed by atoms with Crippen LogP contribution in [0.3, 0.4) is 0 Å². The summed E-state index contributed by atoms with van der Waals surface area (Å²) >= 11 is 0. The van der Waals surface area contributed by atoms with Gasteiger partial charge in [-0.1, -0.05) is 6.58 Å². The summed E-state index contributed by atoms with van der Waals surface area (Å²) in [4.78, 5) is 20.7. The van der Waals surface area contributed by atoms with E-state index >= 15 is 0 Å². The molecule has 60 valence electrons. The van der Waals surface area contributed by atoms with Crippen molar-refractivity contribution in [2.45, 2.75) is 12.8 Å². The van der Waals surface area contributed by atoms with Crippen molar-refractivity contribution in [2.24, 2.45) is 0 Å². The monoisotopic (exact) mass is 154 g/mol. The first-order valence-corrected chi connectivity index (χ1v) is 3.22. The summed E-state index contributed by atoms with van der Waals surface area (Å²) in [5, 5.41) is 5.40. The summed E-state index contributed by atoms with van der Waals surface area (Å²) in [6, 6.07) is 0. The number of carbonyl (C=O) groups excluding carboxylic acids is 2. The molecule has 1 aliphatic rings. The van der Waals surface area contributed by atoms with Crippen LogP contribution in [-0.2, 0) is 9.59 Å². The van der Waals surface area contributed by atoms with Crippen LogP contribution >= 0.6 is 0 Å². The Balaban J connectivity index is 0.000000292. The van der Waals surface area contributed by atoms with Gasteiger partial charge in [0.1, 0.15) is 0 Å². The van der Waals surface area contributed by atoms with Gasteiger partial charge in [-0.15, -0.1) is 0 Å². The fourth-order valence-corrected chi connectivity index (χ4v) is 0.862. The van der Waals surface area contributed by atoms with E-state index in [1.54, 1.807) is 11.1 Å². The number of rotatable bonds is 1.